The molecule has 140 valence electrons. The molecule has 1 aliphatic carbocycles. The van der Waals surface area contributed by atoms with Crippen molar-refractivity contribution in [1.82, 2.24) is 9.80 Å². The average Bonchev–Trinajstić information content (AvgIpc) is 2.65. The Morgan fingerprint density at radius 3 is 2.54 bits per heavy atom. The molecule has 1 amide bonds. The lowest BCUT2D eigenvalue weighted by Crippen LogP contribution is -2.60. The molecule has 5 aliphatic rings. The first kappa shape index (κ1) is 17.3. The molecule has 7 heteroatoms. The summed E-state index contributed by atoms with van der Waals surface area (Å²) in [5.74, 6) is 1.64. The summed E-state index contributed by atoms with van der Waals surface area (Å²) in [4.78, 5) is 26.3. The fourth-order valence-electron chi connectivity index (χ4n) is 5.41. The standard InChI is InChI=1S/C19H24N2O.HNO3/c22-19-16-6-2-4-14-3-1-5-15(18(14)16)11-21(19)17-12-20-9-7-13(17)8-10-20;2-1(3)4/h2,4,6,13,15,17H,1,3,5,7-12H2;(H,2,3,4)/t15-,17-;/m1./s1. The van der Waals surface area contributed by atoms with Crippen LogP contribution in [0, 0.1) is 16.0 Å². The van der Waals surface area contributed by atoms with Crippen molar-refractivity contribution in [3.05, 3.63) is 45.0 Å². The topological polar surface area (TPSA) is 86.9 Å². The zero-order valence-electron chi connectivity index (χ0n) is 14.8. The number of hydrogen-bond donors (Lipinski definition) is 1. The maximum atomic E-state index is 13.1. The van der Waals surface area contributed by atoms with Gasteiger partial charge in [-0.1, -0.05) is 12.1 Å². The predicted octanol–water partition coefficient (Wildman–Crippen LogP) is 2.31. The van der Waals surface area contributed by atoms with E-state index < -0.39 is 5.09 Å². The number of hydrogen-bond acceptors (Lipinski definition) is 4. The van der Waals surface area contributed by atoms with Crippen LogP contribution in [0.15, 0.2) is 18.2 Å². The third-order valence-electron chi connectivity index (χ3n) is 6.53. The van der Waals surface area contributed by atoms with E-state index in [9.17, 15) is 4.79 Å². The van der Waals surface area contributed by atoms with Crippen LogP contribution in [0.2, 0.25) is 0 Å². The number of benzene rings is 1. The van der Waals surface area contributed by atoms with Gasteiger partial charge >= 0.3 is 0 Å². The van der Waals surface area contributed by atoms with Gasteiger partial charge in [-0.2, -0.15) is 0 Å². The molecule has 0 spiro atoms. The molecule has 4 aliphatic heterocycles. The highest BCUT2D eigenvalue weighted by Crippen LogP contribution is 2.41. The SMILES string of the molecule is O=C1c2cccc3c2[C@H](CCC3)CN1[C@@H]1CN2CCC1CC2.O=[N+]([O-])O. The number of piperidine rings is 3. The molecule has 2 atom stereocenters. The summed E-state index contributed by atoms with van der Waals surface area (Å²) in [6, 6.07) is 6.87. The van der Waals surface area contributed by atoms with Crippen molar-refractivity contribution in [1.29, 1.82) is 0 Å². The number of fused-ring (bicyclic) bond motifs is 3. The van der Waals surface area contributed by atoms with Gasteiger partial charge < -0.3 is 15.0 Å². The maximum Gasteiger partial charge on any atom is 0.291 e. The van der Waals surface area contributed by atoms with Crippen LogP contribution in [0.25, 0.3) is 0 Å². The molecule has 6 rings (SSSR count). The summed E-state index contributed by atoms with van der Waals surface area (Å²) in [5, 5.41) is 13.6. The van der Waals surface area contributed by atoms with Gasteiger partial charge in [0.2, 0.25) is 0 Å². The molecule has 0 saturated carbocycles. The molecule has 3 fully saturated rings. The summed E-state index contributed by atoms with van der Waals surface area (Å²) in [7, 11) is 0. The van der Waals surface area contributed by atoms with Crippen LogP contribution in [-0.2, 0) is 6.42 Å². The molecule has 2 bridgehead atoms. The highest BCUT2D eigenvalue weighted by molar-refractivity contribution is 5.98. The average molecular weight is 359 g/mol. The van der Waals surface area contributed by atoms with Crippen LogP contribution in [0.4, 0.5) is 0 Å². The second-order valence-electron chi connectivity index (χ2n) is 7.87. The van der Waals surface area contributed by atoms with E-state index >= 15 is 0 Å². The minimum Gasteiger partial charge on any atom is -0.333 e. The summed E-state index contributed by atoms with van der Waals surface area (Å²) in [5.41, 5.74) is 3.86. The Morgan fingerprint density at radius 2 is 1.88 bits per heavy atom. The Balaban J connectivity index is 0.000000385. The largest absolute Gasteiger partial charge is 0.333 e. The Hall–Kier alpha value is -2.15. The molecule has 7 nitrogen and oxygen atoms in total. The number of amides is 1. The number of aryl methyl sites for hydroxylation is 1. The minimum absolute atomic E-state index is 0.314. The molecular formula is C19H25N3O4. The second kappa shape index (κ2) is 6.87. The van der Waals surface area contributed by atoms with E-state index in [1.807, 2.05) is 0 Å². The summed E-state index contributed by atoms with van der Waals surface area (Å²) in [6.45, 7) is 4.57. The van der Waals surface area contributed by atoms with Crippen LogP contribution < -0.4 is 0 Å². The third kappa shape index (κ3) is 3.05. The monoisotopic (exact) mass is 359 g/mol. The van der Waals surface area contributed by atoms with Gasteiger partial charge in [-0.25, -0.2) is 0 Å². The maximum absolute atomic E-state index is 13.1. The van der Waals surface area contributed by atoms with Gasteiger partial charge in [0.05, 0.1) is 0 Å². The smallest absolute Gasteiger partial charge is 0.291 e. The first-order valence-electron chi connectivity index (χ1n) is 9.53. The highest BCUT2D eigenvalue weighted by Gasteiger charge is 2.43. The number of carbonyl (C=O) groups excluding carboxylic acids is 1. The van der Waals surface area contributed by atoms with E-state index in [1.54, 1.807) is 0 Å². The van der Waals surface area contributed by atoms with Gasteiger partial charge in [0, 0.05) is 30.6 Å². The van der Waals surface area contributed by atoms with E-state index in [2.05, 4.69) is 28.0 Å². The molecule has 4 heterocycles. The van der Waals surface area contributed by atoms with E-state index in [1.165, 1.54) is 49.9 Å². The van der Waals surface area contributed by atoms with E-state index in [0.29, 0.717) is 17.9 Å². The molecule has 1 aromatic carbocycles. The summed E-state index contributed by atoms with van der Waals surface area (Å²) >= 11 is 0. The Morgan fingerprint density at radius 1 is 1.15 bits per heavy atom. The lowest BCUT2D eigenvalue weighted by molar-refractivity contribution is -0.742. The van der Waals surface area contributed by atoms with Crippen LogP contribution >= 0.6 is 0 Å². The number of carbonyl (C=O) groups is 1. The molecule has 0 aromatic heterocycles. The zero-order valence-corrected chi connectivity index (χ0v) is 14.8. The van der Waals surface area contributed by atoms with Gasteiger partial charge in [0.25, 0.3) is 11.0 Å². The first-order chi connectivity index (χ1) is 12.5. The second-order valence-corrected chi connectivity index (χ2v) is 7.87. The van der Waals surface area contributed by atoms with Crippen LogP contribution in [0.5, 0.6) is 0 Å². The van der Waals surface area contributed by atoms with E-state index in [0.717, 1.165) is 31.0 Å². The Kier molecular flexibility index (Phi) is 4.56. The highest BCUT2D eigenvalue weighted by atomic mass is 16.9. The van der Waals surface area contributed by atoms with Crippen molar-refractivity contribution in [3.63, 3.8) is 0 Å². The number of nitrogens with zero attached hydrogens (tertiary/aromatic N) is 3. The van der Waals surface area contributed by atoms with Gasteiger partial charge in [0.1, 0.15) is 0 Å². The van der Waals surface area contributed by atoms with Crippen LogP contribution in [-0.4, -0.2) is 58.2 Å². The normalized spacial score (nSPS) is 31.7. The van der Waals surface area contributed by atoms with Crippen molar-refractivity contribution >= 4 is 5.91 Å². The van der Waals surface area contributed by atoms with Crippen molar-refractivity contribution in [2.45, 2.75) is 44.1 Å². The van der Waals surface area contributed by atoms with Gasteiger partial charge in [-0.15, -0.1) is 10.1 Å². The molecule has 3 saturated heterocycles. The quantitative estimate of drug-likeness (QED) is 0.614. The lowest BCUT2D eigenvalue weighted by Gasteiger charge is -2.51. The van der Waals surface area contributed by atoms with Gasteiger partial charge in [0.15, 0.2) is 0 Å². The third-order valence-corrected chi connectivity index (χ3v) is 6.53. The summed E-state index contributed by atoms with van der Waals surface area (Å²) < 4.78 is 0. The molecule has 0 radical (unpaired) electrons. The van der Waals surface area contributed by atoms with E-state index in [-0.39, 0.29) is 0 Å². The van der Waals surface area contributed by atoms with Crippen molar-refractivity contribution in [2.75, 3.05) is 26.2 Å². The summed E-state index contributed by atoms with van der Waals surface area (Å²) in [6.07, 6.45) is 6.27. The molecular weight excluding hydrogens is 334 g/mol. The zero-order chi connectivity index (χ0) is 18.3. The Bertz CT molecular complexity index is 711. The Labute approximate surface area is 152 Å². The van der Waals surface area contributed by atoms with Crippen molar-refractivity contribution in [2.24, 2.45) is 5.92 Å². The van der Waals surface area contributed by atoms with Crippen LogP contribution in [0.1, 0.15) is 53.1 Å². The number of rotatable bonds is 1. The molecule has 26 heavy (non-hydrogen) atoms. The van der Waals surface area contributed by atoms with Crippen molar-refractivity contribution in [3.8, 4) is 0 Å². The molecule has 1 aromatic rings. The fraction of sp³-hybridized carbons (Fsp3) is 0.632. The lowest BCUT2D eigenvalue weighted by atomic mass is 9.75. The first-order valence-corrected chi connectivity index (χ1v) is 9.53. The molecule has 0 unspecified atom stereocenters. The van der Waals surface area contributed by atoms with Crippen LogP contribution in [0.3, 0.4) is 0 Å². The van der Waals surface area contributed by atoms with Gasteiger partial charge in [-0.3, -0.25) is 4.79 Å². The van der Waals surface area contributed by atoms with Gasteiger partial charge in [-0.05, 0) is 68.3 Å². The van der Waals surface area contributed by atoms with E-state index in [4.69, 9.17) is 15.3 Å². The molecule has 1 N–H and O–H groups in total. The minimum atomic E-state index is -1.50. The predicted molar refractivity (Wildman–Crippen MR) is 94.9 cm³/mol. The van der Waals surface area contributed by atoms with Crippen molar-refractivity contribution < 1.29 is 15.1 Å². The fourth-order valence-corrected chi connectivity index (χ4v) is 5.41.